The number of nitrogens with one attached hydrogen (secondary N) is 1. The van der Waals surface area contributed by atoms with Crippen LogP contribution in [0.3, 0.4) is 0 Å². The van der Waals surface area contributed by atoms with Crippen LogP contribution in [0, 0.1) is 11.3 Å². The van der Waals surface area contributed by atoms with E-state index in [0.717, 1.165) is 16.9 Å². The van der Waals surface area contributed by atoms with Crippen molar-refractivity contribution < 1.29 is 5.11 Å². The number of nitriles is 1. The summed E-state index contributed by atoms with van der Waals surface area (Å²) in [7, 11) is 0. The van der Waals surface area contributed by atoms with Crippen molar-refractivity contribution in [1.29, 1.82) is 5.26 Å². The number of nitrogens with zero attached hydrogens (tertiary/aromatic N) is 2. The maximum Gasteiger partial charge on any atom is 0.152 e. The highest BCUT2D eigenvalue weighted by molar-refractivity contribution is 5.84. The molecule has 2 aliphatic heterocycles. The SMILES string of the molecule is CC1=CC(O)N2C(=C1C#N)Nc1ccccc12. The Morgan fingerprint density at radius 2 is 2.18 bits per heavy atom. The van der Waals surface area contributed by atoms with Crippen LogP contribution < -0.4 is 10.2 Å². The topological polar surface area (TPSA) is 59.3 Å². The molecule has 2 heterocycles. The summed E-state index contributed by atoms with van der Waals surface area (Å²) in [5.74, 6) is 0.668. The smallest absolute Gasteiger partial charge is 0.152 e. The van der Waals surface area contributed by atoms with Crippen molar-refractivity contribution in [2.24, 2.45) is 0 Å². The Morgan fingerprint density at radius 3 is 2.94 bits per heavy atom. The molecule has 1 atom stereocenters. The molecule has 0 spiro atoms. The van der Waals surface area contributed by atoms with Gasteiger partial charge in [-0.2, -0.15) is 5.26 Å². The number of aliphatic hydroxyl groups is 1. The Hall–Kier alpha value is -2.25. The number of para-hydroxylation sites is 2. The van der Waals surface area contributed by atoms with E-state index in [1.165, 1.54) is 0 Å². The molecule has 0 radical (unpaired) electrons. The Bertz CT molecular complexity index is 595. The van der Waals surface area contributed by atoms with E-state index in [1.54, 1.807) is 11.0 Å². The molecule has 0 bridgehead atoms. The third-order valence-electron chi connectivity index (χ3n) is 3.06. The lowest BCUT2D eigenvalue weighted by Gasteiger charge is -2.29. The molecule has 0 saturated heterocycles. The summed E-state index contributed by atoms with van der Waals surface area (Å²) in [6.45, 7) is 1.83. The first-order valence-corrected chi connectivity index (χ1v) is 5.39. The highest BCUT2D eigenvalue weighted by Crippen LogP contribution is 2.41. The van der Waals surface area contributed by atoms with Crippen LogP contribution in [0.15, 0.2) is 47.3 Å². The number of benzene rings is 1. The molecule has 2 N–H and O–H groups in total. The highest BCUT2D eigenvalue weighted by Gasteiger charge is 2.33. The molecule has 1 aromatic carbocycles. The van der Waals surface area contributed by atoms with E-state index in [-0.39, 0.29) is 0 Å². The lowest BCUT2D eigenvalue weighted by atomic mass is 10.0. The van der Waals surface area contributed by atoms with Gasteiger partial charge in [-0.15, -0.1) is 0 Å². The molecule has 0 aromatic heterocycles. The van der Waals surface area contributed by atoms with Crippen LogP contribution in [-0.4, -0.2) is 11.3 Å². The van der Waals surface area contributed by atoms with Gasteiger partial charge in [-0.05, 0) is 30.7 Å². The van der Waals surface area contributed by atoms with E-state index in [0.29, 0.717) is 11.4 Å². The van der Waals surface area contributed by atoms with Crippen LogP contribution in [0.2, 0.25) is 0 Å². The van der Waals surface area contributed by atoms with E-state index in [4.69, 9.17) is 0 Å². The predicted molar refractivity (Wildman–Crippen MR) is 64.9 cm³/mol. The van der Waals surface area contributed by atoms with Crippen molar-refractivity contribution in [1.82, 2.24) is 0 Å². The van der Waals surface area contributed by atoms with E-state index in [9.17, 15) is 10.4 Å². The first kappa shape index (κ1) is 9.94. The molecule has 0 amide bonds. The second-order valence-corrected chi connectivity index (χ2v) is 4.11. The van der Waals surface area contributed by atoms with Crippen molar-refractivity contribution in [2.45, 2.75) is 13.2 Å². The molecule has 0 fully saturated rings. The van der Waals surface area contributed by atoms with E-state index >= 15 is 0 Å². The molecule has 3 rings (SSSR count). The number of hydrogen-bond acceptors (Lipinski definition) is 4. The standard InChI is InChI=1S/C13H11N3O/c1-8-6-12(17)16-11-5-3-2-4-10(11)15-13(16)9(8)7-14/h2-6,12,15,17H,1H3. The Kier molecular flexibility index (Phi) is 1.97. The zero-order valence-corrected chi connectivity index (χ0v) is 9.31. The van der Waals surface area contributed by atoms with Crippen LogP contribution in [0.5, 0.6) is 0 Å². The molecule has 2 aliphatic rings. The van der Waals surface area contributed by atoms with Crippen LogP contribution in [0.25, 0.3) is 0 Å². The van der Waals surface area contributed by atoms with E-state index in [2.05, 4.69) is 11.4 Å². The fraction of sp³-hybridized carbons (Fsp3) is 0.154. The van der Waals surface area contributed by atoms with Gasteiger partial charge in [0.1, 0.15) is 11.9 Å². The molecule has 1 aromatic rings. The van der Waals surface area contributed by atoms with E-state index < -0.39 is 6.23 Å². The number of fused-ring (bicyclic) bond motifs is 3. The van der Waals surface area contributed by atoms with Crippen LogP contribution in [0.4, 0.5) is 11.4 Å². The van der Waals surface area contributed by atoms with Crippen molar-refractivity contribution in [2.75, 3.05) is 10.2 Å². The maximum absolute atomic E-state index is 10.1. The van der Waals surface area contributed by atoms with Gasteiger partial charge >= 0.3 is 0 Å². The molecule has 0 aliphatic carbocycles. The summed E-state index contributed by atoms with van der Waals surface area (Å²) in [5.41, 5.74) is 3.18. The molecule has 0 saturated carbocycles. The predicted octanol–water partition coefficient (Wildman–Crippen LogP) is 1.93. The van der Waals surface area contributed by atoms with Gasteiger partial charge in [-0.25, -0.2) is 0 Å². The molecular weight excluding hydrogens is 214 g/mol. The van der Waals surface area contributed by atoms with Crippen LogP contribution >= 0.6 is 0 Å². The van der Waals surface area contributed by atoms with Gasteiger partial charge in [0.2, 0.25) is 0 Å². The lowest BCUT2D eigenvalue weighted by Crippen LogP contribution is -2.35. The second kappa shape index (κ2) is 3.37. The normalized spacial score (nSPS) is 21.4. The van der Waals surface area contributed by atoms with Gasteiger partial charge in [-0.3, -0.25) is 4.90 Å². The minimum atomic E-state index is -0.724. The first-order valence-electron chi connectivity index (χ1n) is 5.39. The number of allylic oxidation sites excluding steroid dienone is 2. The number of rotatable bonds is 0. The molecular formula is C13H11N3O. The molecule has 84 valence electrons. The van der Waals surface area contributed by atoms with Gasteiger partial charge in [0.25, 0.3) is 0 Å². The van der Waals surface area contributed by atoms with Gasteiger partial charge in [-0.1, -0.05) is 12.1 Å². The minimum absolute atomic E-state index is 0.575. The number of hydrogen-bond donors (Lipinski definition) is 2. The molecule has 1 unspecified atom stereocenters. The average Bonchev–Trinajstić information content (AvgIpc) is 2.68. The third kappa shape index (κ3) is 1.26. The Labute approximate surface area is 99.1 Å². The van der Waals surface area contributed by atoms with Gasteiger partial charge in [0.05, 0.1) is 16.9 Å². The fourth-order valence-electron chi connectivity index (χ4n) is 2.26. The zero-order valence-electron chi connectivity index (χ0n) is 9.31. The molecule has 4 heteroatoms. The minimum Gasteiger partial charge on any atom is -0.369 e. The van der Waals surface area contributed by atoms with Crippen LogP contribution in [-0.2, 0) is 0 Å². The largest absolute Gasteiger partial charge is 0.369 e. The maximum atomic E-state index is 10.1. The Balaban J connectivity index is 2.21. The van der Waals surface area contributed by atoms with E-state index in [1.807, 2.05) is 31.2 Å². The van der Waals surface area contributed by atoms with Crippen LogP contribution in [0.1, 0.15) is 6.92 Å². The summed E-state index contributed by atoms with van der Waals surface area (Å²) in [5, 5.41) is 22.4. The zero-order chi connectivity index (χ0) is 12.0. The lowest BCUT2D eigenvalue weighted by molar-refractivity contribution is 0.224. The number of anilines is 2. The van der Waals surface area contributed by atoms with Crippen molar-refractivity contribution in [3.05, 3.63) is 47.3 Å². The second-order valence-electron chi connectivity index (χ2n) is 4.11. The first-order chi connectivity index (χ1) is 8.22. The molecule has 17 heavy (non-hydrogen) atoms. The molecule has 4 nitrogen and oxygen atoms in total. The summed E-state index contributed by atoms with van der Waals surface area (Å²) < 4.78 is 0. The van der Waals surface area contributed by atoms with Gasteiger partial charge in [0.15, 0.2) is 6.23 Å². The Morgan fingerprint density at radius 1 is 1.41 bits per heavy atom. The quantitative estimate of drug-likeness (QED) is 0.708. The fourth-order valence-corrected chi connectivity index (χ4v) is 2.26. The third-order valence-corrected chi connectivity index (χ3v) is 3.06. The summed E-state index contributed by atoms with van der Waals surface area (Å²) in [6, 6.07) is 9.85. The summed E-state index contributed by atoms with van der Waals surface area (Å²) in [4.78, 5) is 1.74. The summed E-state index contributed by atoms with van der Waals surface area (Å²) in [6.07, 6.45) is 0.962. The van der Waals surface area contributed by atoms with Crippen molar-refractivity contribution in [3.8, 4) is 6.07 Å². The average molecular weight is 225 g/mol. The summed E-state index contributed by atoms with van der Waals surface area (Å²) >= 11 is 0. The van der Waals surface area contributed by atoms with Crippen molar-refractivity contribution in [3.63, 3.8) is 0 Å². The monoisotopic (exact) mass is 225 g/mol. The number of aliphatic hydroxyl groups excluding tert-OH is 1. The van der Waals surface area contributed by atoms with Gasteiger partial charge in [0, 0.05) is 0 Å². The highest BCUT2D eigenvalue weighted by atomic mass is 16.3. The van der Waals surface area contributed by atoms with Gasteiger partial charge < -0.3 is 10.4 Å². The van der Waals surface area contributed by atoms with Crippen molar-refractivity contribution >= 4 is 11.4 Å².